The van der Waals surface area contributed by atoms with Crippen LogP contribution in [0.2, 0.25) is 0 Å². The van der Waals surface area contributed by atoms with Gasteiger partial charge in [-0.2, -0.15) is 0 Å². The maximum atomic E-state index is 15.0. The molecule has 1 heterocycles. The second-order valence-electron chi connectivity index (χ2n) is 8.61. The van der Waals surface area contributed by atoms with Gasteiger partial charge in [-0.05, 0) is 54.4 Å². The number of benzene rings is 3. The average molecular weight is 493 g/mol. The van der Waals surface area contributed by atoms with Gasteiger partial charge in [-0.1, -0.05) is 30.3 Å². The zero-order valence-corrected chi connectivity index (χ0v) is 20.3. The second kappa shape index (κ2) is 11.1. The van der Waals surface area contributed by atoms with E-state index in [-0.39, 0.29) is 23.8 Å². The first kappa shape index (κ1) is 25.0. The number of para-hydroxylation sites is 2. The molecule has 1 fully saturated rings. The van der Waals surface area contributed by atoms with Crippen LogP contribution < -0.4 is 20.0 Å². The van der Waals surface area contributed by atoms with Gasteiger partial charge in [-0.15, -0.1) is 0 Å². The summed E-state index contributed by atoms with van der Waals surface area (Å²) in [5.41, 5.74) is 4.50. The highest BCUT2D eigenvalue weighted by molar-refractivity contribution is 5.94. The number of urea groups is 1. The van der Waals surface area contributed by atoms with E-state index >= 15 is 0 Å². The van der Waals surface area contributed by atoms with Crippen molar-refractivity contribution >= 4 is 23.3 Å². The van der Waals surface area contributed by atoms with E-state index in [0.29, 0.717) is 31.7 Å². The summed E-state index contributed by atoms with van der Waals surface area (Å²) in [6, 6.07) is 18.7. The topological polar surface area (TPSA) is 85.4 Å². The van der Waals surface area contributed by atoms with Crippen LogP contribution in [0.5, 0.6) is 5.75 Å². The number of hydroxylamine groups is 1. The number of carbonyl (C=O) groups is 2. The Labute approximate surface area is 209 Å². The molecule has 1 aliphatic heterocycles. The third kappa shape index (κ3) is 5.41. The van der Waals surface area contributed by atoms with Gasteiger partial charge in [0.2, 0.25) is 0 Å². The summed E-state index contributed by atoms with van der Waals surface area (Å²) >= 11 is 0. The lowest BCUT2D eigenvalue weighted by Crippen LogP contribution is -2.53. The van der Waals surface area contributed by atoms with E-state index in [4.69, 9.17) is 9.94 Å². The minimum Gasteiger partial charge on any atom is -0.495 e. The summed E-state index contributed by atoms with van der Waals surface area (Å²) in [5.74, 6) is -0.335. The molecule has 0 aromatic heterocycles. The number of methoxy groups -OCH3 is 1. The van der Waals surface area contributed by atoms with Crippen LogP contribution in [0.1, 0.15) is 21.5 Å². The largest absolute Gasteiger partial charge is 0.495 e. The van der Waals surface area contributed by atoms with Crippen LogP contribution in [0, 0.1) is 12.7 Å². The van der Waals surface area contributed by atoms with Crippen LogP contribution in [0.3, 0.4) is 0 Å². The molecule has 0 bridgehead atoms. The summed E-state index contributed by atoms with van der Waals surface area (Å²) in [6.45, 7) is 4.07. The van der Waals surface area contributed by atoms with E-state index in [0.717, 1.165) is 17.0 Å². The van der Waals surface area contributed by atoms with Gasteiger partial charge in [-0.25, -0.2) is 14.7 Å². The number of halogens is 1. The van der Waals surface area contributed by atoms with Crippen LogP contribution in [0.15, 0.2) is 66.7 Å². The molecule has 0 atom stereocenters. The third-order valence-corrected chi connectivity index (χ3v) is 6.26. The number of carbonyl (C=O) groups excluding carboxylic acids is 2. The Kier molecular flexibility index (Phi) is 7.70. The maximum absolute atomic E-state index is 15.0. The molecule has 8 nitrogen and oxygen atoms in total. The highest BCUT2D eigenvalue weighted by Crippen LogP contribution is 2.29. The van der Waals surface area contributed by atoms with Crippen molar-refractivity contribution in [2.45, 2.75) is 13.5 Å². The first-order valence-corrected chi connectivity index (χ1v) is 11.6. The number of piperazine rings is 1. The summed E-state index contributed by atoms with van der Waals surface area (Å²) in [5, 5.41) is 8.83. The summed E-state index contributed by atoms with van der Waals surface area (Å²) in [6.07, 6.45) is 0. The van der Waals surface area contributed by atoms with Gasteiger partial charge in [0.05, 0.1) is 25.0 Å². The zero-order chi connectivity index (χ0) is 25.7. The highest BCUT2D eigenvalue weighted by Gasteiger charge is 2.29. The lowest BCUT2D eigenvalue weighted by atomic mass is 10.1. The Hall–Kier alpha value is -4.11. The Morgan fingerprint density at radius 1 is 1.03 bits per heavy atom. The number of nitrogens with one attached hydrogen (secondary N) is 1. The van der Waals surface area contributed by atoms with Crippen LogP contribution in [0.25, 0.3) is 0 Å². The minimum atomic E-state index is -0.632. The molecular weight excluding hydrogens is 463 g/mol. The molecule has 0 saturated carbocycles. The molecule has 188 valence electrons. The van der Waals surface area contributed by atoms with Gasteiger partial charge in [0.25, 0.3) is 5.91 Å². The molecule has 3 aromatic rings. The monoisotopic (exact) mass is 492 g/mol. The fraction of sp³-hybridized carbons (Fsp3) is 0.259. The maximum Gasteiger partial charge on any atom is 0.325 e. The van der Waals surface area contributed by atoms with Crippen LogP contribution >= 0.6 is 0 Å². The Morgan fingerprint density at radius 3 is 2.36 bits per heavy atom. The van der Waals surface area contributed by atoms with Crippen molar-refractivity contribution in [1.29, 1.82) is 0 Å². The molecule has 4 rings (SSSR count). The van der Waals surface area contributed by atoms with Gasteiger partial charge < -0.3 is 14.5 Å². The van der Waals surface area contributed by atoms with Crippen molar-refractivity contribution in [3.63, 3.8) is 0 Å². The molecule has 0 spiro atoms. The number of ether oxygens (including phenoxy) is 1. The van der Waals surface area contributed by atoms with Crippen LogP contribution in [-0.4, -0.2) is 55.3 Å². The lowest BCUT2D eigenvalue weighted by molar-refractivity contribution is 0.0706. The number of hydrogen-bond donors (Lipinski definition) is 2. The SMILES string of the molecule is COc1ccccc1N1CCN(C(=O)N(Cc2ccc(C(=O)NO)cc2)c2ccc(C)cc2F)CC1. The molecule has 1 aliphatic rings. The molecule has 2 N–H and O–H groups in total. The summed E-state index contributed by atoms with van der Waals surface area (Å²) < 4.78 is 20.5. The van der Waals surface area contributed by atoms with Crippen molar-refractivity contribution in [3.05, 3.63) is 89.2 Å². The predicted octanol–water partition coefficient (Wildman–Crippen LogP) is 4.21. The smallest absolute Gasteiger partial charge is 0.325 e. The zero-order valence-electron chi connectivity index (χ0n) is 20.3. The standard InChI is InChI=1S/C27H29FN4O4/c1-19-7-12-23(22(28)17-19)32(18-20-8-10-21(11-9-20)26(33)29-35)27(34)31-15-13-30(14-16-31)24-5-3-4-6-25(24)36-2/h3-12,17,35H,13-16,18H2,1-2H3,(H,29,33). The number of aryl methyl sites for hydroxylation is 1. The summed E-state index contributed by atoms with van der Waals surface area (Å²) in [7, 11) is 1.63. The molecule has 1 saturated heterocycles. The van der Waals surface area contributed by atoms with Gasteiger partial charge in [0.1, 0.15) is 11.6 Å². The predicted molar refractivity (Wildman–Crippen MR) is 135 cm³/mol. The highest BCUT2D eigenvalue weighted by atomic mass is 19.1. The van der Waals surface area contributed by atoms with E-state index < -0.39 is 11.7 Å². The van der Waals surface area contributed by atoms with Crippen molar-refractivity contribution in [1.82, 2.24) is 10.4 Å². The minimum absolute atomic E-state index is 0.118. The molecule has 3 aromatic carbocycles. The third-order valence-electron chi connectivity index (χ3n) is 6.26. The number of nitrogens with zero attached hydrogens (tertiary/aromatic N) is 3. The molecule has 0 unspecified atom stereocenters. The van der Waals surface area contributed by atoms with Gasteiger partial charge in [-0.3, -0.25) is 14.9 Å². The molecule has 36 heavy (non-hydrogen) atoms. The molecule has 0 aliphatic carbocycles. The Balaban J connectivity index is 1.54. The molecule has 3 amide bonds. The fourth-order valence-electron chi connectivity index (χ4n) is 4.30. The lowest BCUT2D eigenvalue weighted by Gasteiger charge is -2.39. The number of hydrogen-bond acceptors (Lipinski definition) is 5. The van der Waals surface area contributed by atoms with E-state index in [9.17, 15) is 14.0 Å². The average Bonchev–Trinajstić information content (AvgIpc) is 2.91. The normalized spacial score (nSPS) is 13.3. The van der Waals surface area contributed by atoms with Crippen molar-refractivity contribution in [3.8, 4) is 5.75 Å². The van der Waals surface area contributed by atoms with Crippen molar-refractivity contribution in [2.24, 2.45) is 0 Å². The Bertz CT molecular complexity index is 1230. The van der Waals surface area contributed by atoms with Crippen molar-refractivity contribution in [2.75, 3.05) is 43.1 Å². The van der Waals surface area contributed by atoms with E-state index in [1.165, 1.54) is 11.0 Å². The van der Waals surface area contributed by atoms with Gasteiger partial charge in [0.15, 0.2) is 0 Å². The number of rotatable bonds is 6. The quantitative estimate of drug-likeness (QED) is 0.398. The van der Waals surface area contributed by atoms with Crippen LogP contribution in [0.4, 0.5) is 20.6 Å². The van der Waals surface area contributed by atoms with Gasteiger partial charge in [0, 0.05) is 31.7 Å². The van der Waals surface area contributed by atoms with E-state index in [1.807, 2.05) is 24.3 Å². The number of anilines is 2. The van der Waals surface area contributed by atoms with E-state index in [2.05, 4.69) is 4.90 Å². The van der Waals surface area contributed by atoms with Crippen LogP contribution in [-0.2, 0) is 6.54 Å². The second-order valence-corrected chi connectivity index (χ2v) is 8.61. The Morgan fingerprint density at radius 2 is 1.72 bits per heavy atom. The molecular formula is C27H29FN4O4. The van der Waals surface area contributed by atoms with Gasteiger partial charge >= 0.3 is 6.03 Å². The summed E-state index contributed by atoms with van der Waals surface area (Å²) in [4.78, 5) is 30.6. The fourth-order valence-corrected chi connectivity index (χ4v) is 4.30. The molecule has 9 heteroatoms. The molecule has 0 radical (unpaired) electrons. The first-order valence-electron chi connectivity index (χ1n) is 11.6. The van der Waals surface area contributed by atoms with E-state index in [1.54, 1.807) is 60.8 Å². The first-order chi connectivity index (χ1) is 17.4. The van der Waals surface area contributed by atoms with Crippen molar-refractivity contribution < 1.29 is 23.9 Å². The number of amides is 3.